The fourth-order valence-electron chi connectivity index (χ4n) is 2.13. The minimum absolute atomic E-state index is 0.195. The number of aliphatic hydroxyl groups excluding tert-OH is 3. The molecule has 1 aromatic rings. The highest BCUT2D eigenvalue weighted by atomic mass is 19.1. The first kappa shape index (κ1) is 14.9. The zero-order chi connectivity index (χ0) is 14.9. The SMILES string of the molecule is O=c1ccn([C@H]2O[C@@H](CCF)[C@@H](O)[C@@H](O)[C@@H]2O)c(=O)[nH]1. The summed E-state index contributed by atoms with van der Waals surface area (Å²) in [7, 11) is 0. The first-order valence-corrected chi connectivity index (χ1v) is 6.03. The van der Waals surface area contributed by atoms with Crippen LogP contribution in [0, 0.1) is 0 Å². The third kappa shape index (κ3) is 2.66. The summed E-state index contributed by atoms with van der Waals surface area (Å²) in [4.78, 5) is 24.6. The van der Waals surface area contributed by atoms with Crippen molar-refractivity contribution < 1.29 is 24.4 Å². The Balaban J connectivity index is 2.34. The number of nitrogens with zero attached hydrogens (tertiary/aromatic N) is 1. The van der Waals surface area contributed by atoms with Crippen LogP contribution in [-0.2, 0) is 4.74 Å². The molecule has 0 radical (unpaired) electrons. The molecule has 0 aliphatic carbocycles. The summed E-state index contributed by atoms with van der Waals surface area (Å²) in [6.07, 6.45) is -6.15. The van der Waals surface area contributed by atoms with Gasteiger partial charge >= 0.3 is 5.69 Å². The lowest BCUT2D eigenvalue weighted by Gasteiger charge is -2.40. The third-order valence-electron chi connectivity index (χ3n) is 3.21. The van der Waals surface area contributed by atoms with E-state index in [1.54, 1.807) is 0 Å². The predicted octanol–water partition coefficient (Wildman–Crippen LogP) is -2.12. The predicted molar refractivity (Wildman–Crippen MR) is 63.8 cm³/mol. The second kappa shape index (κ2) is 5.83. The van der Waals surface area contributed by atoms with Crippen molar-refractivity contribution in [2.24, 2.45) is 0 Å². The second-order valence-corrected chi connectivity index (χ2v) is 4.53. The van der Waals surface area contributed by atoms with Crippen LogP contribution in [0.15, 0.2) is 21.9 Å². The molecule has 0 spiro atoms. The lowest BCUT2D eigenvalue weighted by molar-refractivity contribution is -0.247. The molecule has 1 saturated heterocycles. The normalized spacial score (nSPS) is 34.1. The van der Waals surface area contributed by atoms with Gasteiger partial charge < -0.3 is 20.1 Å². The quantitative estimate of drug-likeness (QED) is 0.504. The van der Waals surface area contributed by atoms with Crippen molar-refractivity contribution in [2.45, 2.75) is 37.1 Å². The molecule has 2 heterocycles. The molecule has 5 atom stereocenters. The lowest BCUT2D eigenvalue weighted by Crippen LogP contribution is -2.57. The summed E-state index contributed by atoms with van der Waals surface area (Å²) < 4.78 is 18.5. The van der Waals surface area contributed by atoms with Crippen LogP contribution in [0.2, 0.25) is 0 Å². The van der Waals surface area contributed by atoms with E-state index in [1.807, 2.05) is 4.98 Å². The van der Waals surface area contributed by atoms with E-state index in [0.717, 1.165) is 16.8 Å². The van der Waals surface area contributed by atoms with Crippen molar-refractivity contribution >= 4 is 0 Å². The van der Waals surface area contributed by atoms with Gasteiger partial charge in [-0.3, -0.25) is 18.7 Å². The van der Waals surface area contributed by atoms with Crippen LogP contribution in [-0.4, -0.2) is 56.0 Å². The van der Waals surface area contributed by atoms with Crippen LogP contribution in [0.25, 0.3) is 0 Å². The first-order chi connectivity index (χ1) is 9.45. The van der Waals surface area contributed by atoms with E-state index in [0.29, 0.717) is 0 Å². The number of alkyl halides is 1. The third-order valence-corrected chi connectivity index (χ3v) is 3.21. The molecule has 4 N–H and O–H groups in total. The van der Waals surface area contributed by atoms with Crippen LogP contribution in [0.1, 0.15) is 12.6 Å². The molecule has 1 aromatic heterocycles. The van der Waals surface area contributed by atoms with Gasteiger partial charge in [0.15, 0.2) is 6.23 Å². The number of hydrogen-bond donors (Lipinski definition) is 4. The highest BCUT2D eigenvalue weighted by molar-refractivity contribution is 4.93. The zero-order valence-corrected chi connectivity index (χ0v) is 10.3. The highest BCUT2D eigenvalue weighted by Crippen LogP contribution is 2.28. The molecular formula is C11H15FN2O6. The van der Waals surface area contributed by atoms with Gasteiger partial charge in [-0.1, -0.05) is 0 Å². The molecule has 0 unspecified atom stereocenters. The first-order valence-electron chi connectivity index (χ1n) is 6.03. The molecule has 0 amide bonds. The van der Waals surface area contributed by atoms with Crippen LogP contribution in [0.4, 0.5) is 4.39 Å². The number of aliphatic hydroxyl groups is 3. The lowest BCUT2D eigenvalue weighted by atomic mass is 9.96. The summed E-state index contributed by atoms with van der Waals surface area (Å²) in [5.74, 6) is 0. The number of halogens is 1. The van der Waals surface area contributed by atoms with E-state index in [2.05, 4.69) is 0 Å². The number of hydrogen-bond acceptors (Lipinski definition) is 6. The number of aromatic nitrogens is 2. The fraction of sp³-hybridized carbons (Fsp3) is 0.636. The number of aromatic amines is 1. The monoisotopic (exact) mass is 290 g/mol. The Bertz CT molecular complexity index is 573. The molecule has 1 aliphatic rings. The summed E-state index contributed by atoms with van der Waals surface area (Å²) in [6, 6.07) is 1.04. The van der Waals surface area contributed by atoms with Crippen molar-refractivity contribution in [3.05, 3.63) is 33.1 Å². The summed E-state index contributed by atoms with van der Waals surface area (Å²) in [5, 5.41) is 29.3. The number of ether oxygens (including phenoxy) is 1. The highest BCUT2D eigenvalue weighted by Gasteiger charge is 2.44. The number of rotatable bonds is 3. The van der Waals surface area contributed by atoms with E-state index >= 15 is 0 Å². The summed E-state index contributed by atoms with van der Waals surface area (Å²) in [6.45, 7) is -0.794. The van der Waals surface area contributed by atoms with Crippen LogP contribution >= 0.6 is 0 Å². The molecule has 1 aliphatic heterocycles. The average Bonchev–Trinajstić information content (AvgIpc) is 2.40. The minimum Gasteiger partial charge on any atom is -0.388 e. The number of H-pyrrole nitrogens is 1. The van der Waals surface area contributed by atoms with E-state index < -0.39 is 48.6 Å². The average molecular weight is 290 g/mol. The van der Waals surface area contributed by atoms with E-state index in [4.69, 9.17) is 4.74 Å². The molecule has 9 heteroatoms. The Kier molecular flexibility index (Phi) is 4.33. The molecule has 8 nitrogen and oxygen atoms in total. The second-order valence-electron chi connectivity index (χ2n) is 4.53. The Morgan fingerprint density at radius 3 is 2.55 bits per heavy atom. The fourth-order valence-corrected chi connectivity index (χ4v) is 2.13. The van der Waals surface area contributed by atoms with Crippen molar-refractivity contribution in [3.8, 4) is 0 Å². The molecule has 0 saturated carbocycles. The van der Waals surface area contributed by atoms with Gasteiger partial charge in [-0.05, 0) is 0 Å². The maximum Gasteiger partial charge on any atom is 0.330 e. The maximum atomic E-state index is 12.4. The van der Waals surface area contributed by atoms with Crippen molar-refractivity contribution in [2.75, 3.05) is 6.67 Å². The van der Waals surface area contributed by atoms with Crippen molar-refractivity contribution in [1.29, 1.82) is 0 Å². The van der Waals surface area contributed by atoms with Gasteiger partial charge in [0.1, 0.15) is 18.3 Å². The van der Waals surface area contributed by atoms with Gasteiger partial charge in [0.25, 0.3) is 5.56 Å². The van der Waals surface area contributed by atoms with E-state index in [1.165, 1.54) is 0 Å². The van der Waals surface area contributed by atoms with Crippen LogP contribution in [0.3, 0.4) is 0 Å². The maximum absolute atomic E-state index is 12.4. The van der Waals surface area contributed by atoms with Crippen molar-refractivity contribution in [1.82, 2.24) is 9.55 Å². The van der Waals surface area contributed by atoms with Gasteiger partial charge in [-0.2, -0.15) is 0 Å². The molecule has 112 valence electrons. The van der Waals surface area contributed by atoms with Crippen LogP contribution < -0.4 is 11.2 Å². The molecule has 2 rings (SSSR count). The van der Waals surface area contributed by atoms with E-state index in [-0.39, 0.29) is 6.42 Å². The summed E-state index contributed by atoms with van der Waals surface area (Å²) in [5.41, 5.74) is -1.47. The Hall–Kier alpha value is -1.55. The van der Waals surface area contributed by atoms with Crippen LogP contribution in [0.5, 0.6) is 0 Å². The summed E-state index contributed by atoms with van der Waals surface area (Å²) >= 11 is 0. The molecule has 0 bridgehead atoms. The van der Waals surface area contributed by atoms with E-state index in [9.17, 15) is 29.3 Å². The Labute approximate surface area is 112 Å². The Morgan fingerprint density at radius 2 is 1.95 bits per heavy atom. The molecular weight excluding hydrogens is 275 g/mol. The van der Waals surface area contributed by atoms with Gasteiger partial charge in [-0.25, -0.2) is 4.79 Å². The Morgan fingerprint density at radius 1 is 1.25 bits per heavy atom. The zero-order valence-electron chi connectivity index (χ0n) is 10.3. The van der Waals surface area contributed by atoms with Gasteiger partial charge in [0.05, 0.1) is 12.8 Å². The minimum atomic E-state index is -1.59. The molecule has 0 aromatic carbocycles. The van der Waals surface area contributed by atoms with Crippen molar-refractivity contribution in [3.63, 3.8) is 0 Å². The number of nitrogens with one attached hydrogen (secondary N) is 1. The topological polar surface area (TPSA) is 125 Å². The van der Waals surface area contributed by atoms with Gasteiger partial charge in [0, 0.05) is 18.7 Å². The van der Waals surface area contributed by atoms with Gasteiger partial charge in [-0.15, -0.1) is 0 Å². The standard InChI is InChI=1S/C11H15FN2O6/c12-3-1-5-7(16)8(17)9(18)10(20-5)14-4-2-6(15)13-11(14)19/h2,4-5,7-10,16-18H,1,3H2,(H,13,15,19)/t5-,7+,8+,9-,10-/m0/s1. The molecule has 20 heavy (non-hydrogen) atoms. The largest absolute Gasteiger partial charge is 0.388 e. The molecule has 1 fully saturated rings. The smallest absolute Gasteiger partial charge is 0.330 e. The van der Waals surface area contributed by atoms with Gasteiger partial charge in [0.2, 0.25) is 0 Å².